The first kappa shape index (κ1) is 17.3. The summed E-state index contributed by atoms with van der Waals surface area (Å²) in [6.07, 6.45) is 0. The van der Waals surface area contributed by atoms with Gasteiger partial charge in [0.15, 0.2) is 0 Å². The van der Waals surface area contributed by atoms with Crippen LogP contribution in [-0.2, 0) is 0 Å². The molecular weight excluding hydrogens is 373 g/mol. The summed E-state index contributed by atoms with van der Waals surface area (Å²) in [5.41, 5.74) is 1.84. The van der Waals surface area contributed by atoms with Gasteiger partial charge in [0.1, 0.15) is 0 Å². The van der Waals surface area contributed by atoms with Crippen molar-refractivity contribution in [2.75, 3.05) is 37.7 Å². The second-order valence-electron chi connectivity index (χ2n) is 6.43. The Kier molecular flexibility index (Phi) is 4.61. The molecule has 0 atom stereocenters. The van der Waals surface area contributed by atoms with Crippen molar-refractivity contribution >= 4 is 40.7 Å². The predicted molar refractivity (Wildman–Crippen MR) is 102 cm³/mol. The van der Waals surface area contributed by atoms with E-state index in [2.05, 4.69) is 21.9 Å². The van der Waals surface area contributed by atoms with E-state index in [0.717, 1.165) is 26.2 Å². The molecule has 2 aromatic carbocycles. The highest BCUT2D eigenvalue weighted by atomic mass is 35.5. The van der Waals surface area contributed by atoms with Gasteiger partial charge in [-0.2, -0.15) is 0 Å². The summed E-state index contributed by atoms with van der Waals surface area (Å²) in [6.45, 7) is 3.55. The van der Waals surface area contributed by atoms with E-state index in [1.54, 1.807) is 0 Å². The van der Waals surface area contributed by atoms with Gasteiger partial charge in [-0.15, -0.1) is 0 Å². The molecule has 2 amide bonds. The summed E-state index contributed by atoms with van der Waals surface area (Å²) >= 11 is 12.0. The molecule has 0 unspecified atom stereocenters. The second-order valence-corrected chi connectivity index (χ2v) is 7.25. The number of para-hydroxylation sites is 1. The van der Waals surface area contributed by atoms with E-state index < -0.39 is 0 Å². The van der Waals surface area contributed by atoms with Crippen molar-refractivity contribution in [3.63, 3.8) is 0 Å². The summed E-state index contributed by atoms with van der Waals surface area (Å²) in [5, 5.41) is 0.565. The average Bonchev–Trinajstić information content (AvgIpc) is 2.88. The molecule has 0 radical (unpaired) electrons. The Labute approximate surface area is 161 Å². The molecule has 4 rings (SSSR count). The van der Waals surface area contributed by atoms with E-state index in [0.29, 0.717) is 11.1 Å². The first-order valence-electron chi connectivity index (χ1n) is 8.42. The van der Waals surface area contributed by atoms with Crippen molar-refractivity contribution in [1.29, 1.82) is 0 Å². The molecule has 26 heavy (non-hydrogen) atoms. The Morgan fingerprint density at radius 2 is 1.35 bits per heavy atom. The third-order valence-electron chi connectivity index (χ3n) is 4.85. The number of anilines is 1. The number of carbonyl (C=O) groups excluding carboxylic acids is 2. The third-order valence-corrected chi connectivity index (χ3v) is 5.57. The summed E-state index contributed by atoms with van der Waals surface area (Å²) in [4.78, 5) is 30.9. The number of imide groups is 1. The normalized spacial score (nSPS) is 17.8. The van der Waals surface area contributed by atoms with Crippen LogP contribution in [-0.4, -0.2) is 54.5 Å². The minimum absolute atomic E-state index is 0.282. The average molecular weight is 390 g/mol. The number of amides is 2. The number of hydrogen-bond acceptors (Lipinski definition) is 4. The minimum atomic E-state index is -0.311. The maximum absolute atomic E-state index is 12.6. The fourth-order valence-corrected chi connectivity index (χ4v) is 3.73. The summed E-state index contributed by atoms with van der Waals surface area (Å²) in [6, 6.07) is 13.2. The number of nitrogens with zero attached hydrogens (tertiary/aromatic N) is 3. The van der Waals surface area contributed by atoms with Gasteiger partial charge in [-0.3, -0.25) is 19.4 Å². The Balaban J connectivity index is 1.43. The zero-order valence-electron chi connectivity index (χ0n) is 14.0. The SMILES string of the molecule is O=C1c2cc(Cl)c(Cl)cc2C(=O)N1CN1CCN(c2ccccc2)CC1. The third kappa shape index (κ3) is 3.07. The Morgan fingerprint density at radius 3 is 1.88 bits per heavy atom. The summed E-state index contributed by atoms with van der Waals surface area (Å²) in [7, 11) is 0. The van der Waals surface area contributed by atoms with E-state index in [4.69, 9.17) is 23.2 Å². The Hall–Kier alpha value is -2.08. The van der Waals surface area contributed by atoms with Gasteiger partial charge < -0.3 is 4.90 Å². The smallest absolute Gasteiger partial charge is 0.262 e. The number of piperazine rings is 1. The molecule has 7 heteroatoms. The summed E-state index contributed by atoms with van der Waals surface area (Å²) in [5.74, 6) is -0.622. The number of benzene rings is 2. The maximum atomic E-state index is 12.6. The molecule has 0 aliphatic carbocycles. The lowest BCUT2D eigenvalue weighted by molar-refractivity contribution is 0.0535. The molecule has 0 bridgehead atoms. The molecule has 2 heterocycles. The minimum Gasteiger partial charge on any atom is -0.369 e. The molecule has 2 aliphatic rings. The number of fused-ring (bicyclic) bond motifs is 1. The van der Waals surface area contributed by atoms with Gasteiger partial charge in [-0.05, 0) is 24.3 Å². The van der Waals surface area contributed by atoms with E-state index >= 15 is 0 Å². The largest absolute Gasteiger partial charge is 0.369 e. The van der Waals surface area contributed by atoms with Gasteiger partial charge in [0.25, 0.3) is 11.8 Å². The predicted octanol–water partition coefficient (Wildman–Crippen LogP) is 3.37. The van der Waals surface area contributed by atoms with Crippen molar-refractivity contribution in [2.24, 2.45) is 0 Å². The fraction of sp³-hybridized carbons (Fsp3) is 0.263. The van der Waals surface area contributed by atoms with Gasteiger partial charge in [0.2, 0.25) is 0 Å². The van der Waals surface area contributed by atoms with Crippen LogP contribution >= 0.6 is 23.2 Å². The van der Waals surface area contributed by atoms with Crippen LogP contribution < -0.4 is 4.90 Å². The number of carbonyl (C=O) groups is 2. The molecule has 1 fully saturated rings. The first-order valence-corrected chi connectivity index (χ1v) is 9.18. The van der Waals surface area contributed by atoms with Crippen molar-refractivity contribution in [2.45, 2.75) is 0 Å². The zero-order valence-corrected chi connectivity index (χ0v) is 15.5. The lowest BCUT2D eigenvalue weighted by atomic mass is 10.1. The first-order chi connectivity index (χ1) is 12.5. The van der Waals surface area contributed by atoms with Gasteiger partial charge in [-0.25, -0.2) is 0 Å². The Bertz CT molecular complexity index is 824. The fourth-order valence-electron chi connectivity index (χ4n) is 3.40. The van der Waals surface area contributed by atoms with Crippen LogP contribution in [0.2, 0.25) is 10.0 Å². The van der Waals surface area contributed by atoms with Gasteiger partial charge >= 0.3 is 0 Å². The maximum Gasteiger partial charge on any atom is 0.262 e. The molecule has 0 aromatic heterocycles. The lowest BCUT2D eigenvalue weighted by Crippen LogP contribution is -2.51. The van der Waals surface area contributed by atoms with Crippen molar-refractivity contribution in [3.8, 4) is 0 Å². The van der Waals surface area contributed by atoms with Gasteiger partial charge in [-0.1, -0.05) is 41.4 Å². The second kappa shape index (κ2) is 6.91. The molecule has 1 saturated heterocycles. The van der Waals surface area contributed by atoms with Crippen LogP contribution in [0.15, 0.2) is 42.5 Å². The zero-order chi connectivity index (χ0) is 18.3. The van der Waals surface area contributed by atoms with Crippen molar-refractivity contribution < 1.29 is 9.59 Å². The molecule has 0 saturated carbocycles. The van der Waals surface area contributed by atoms with E-state index in [9.17, 15) is 9.59 Å². The highest BCUT2D eigenvalue weighted by molar-refractivity contribution is 6.43. The molecule has 5 nitrogen and oxygen atoms in total. The number of rotatable bonds is 3. The Morgan fingerprint density at radius 1 is 0.808 bits per heavy atom. The monoisotopic (exact) mass is 389 g/mol. The molecule has 134 valence electrons. The van der Waals surface area contributed by atoms with Crippen molar-refractivity contribution in [3.05, 3.63) is 63.6 Å². The number of halogens is 2. The highest BCUT2D eigenvalue weighted by Gasteiger charge is 2.37. The van der Waals surface area contributed by atoms with E-state index in [1.165, 1.54) is 22.7 Å². The quantitative estimate of drug-likeness (QED) is 0.754. The van der Waals surface area contributed by atoms with Crippen LogP contribution in [0.3, 0.4) is 0 Å². The van der Waals surface area contributed by atoms with E-state index in [-0.39, 0.29) is 28.5 Å². The van der Waals surface area contributed by atoms with E-state index in [1.807, 2.05) is 18.2 Å². The van der Waals surface area contributed by atoms with Crippen LogP contribution in [0.1, 0.15) is 20.7 Å². The highest BCUT2D eigenvalue weighted by Crippen LogP contribution is 2.31. The molecular formula is C19H17Cl2N3O2. The molecule has 2 aliphatic heterocycles. The topological polar surface area (TPSA) is 43.9 Å². The van der Waals surface area contributed by atoms with Crippen LogP contribution in [0, 0.1) is 0 Å². The van der Waals surface area contributed by atoms with Crippen LogP contribution in [0.4, 0.5) is 5.69 Å². The molecule has 0 spiro atoms. The molecule has 2 aromatic rings. The standard InChI is InChI=1S/C19H17Cl2N3O2/c20-16-10-14-15(11-17(16)21)19(26)24(18(14)25)12-22-6-8-23(9-7-22)13-4-2-1-3-5-13/h1-5,10-11H,6-9,12H2. The van der Waals surface area contributed by atoms with Gasteiger partial charge in [0.05, 0.1) is 27.8 Å². The lowest BCUT2D eigenvalue weighted by Gasteiger charge is -2.37. The van der Waals surface area contributed by atoms with Crippen LogP contribution in [0.5, 0.6) is 0 Å². The van der Waals surface area contributed by atoms with Gasteiger partial charge in [0, 0.05) is 31.9 Å². The number of hydrogen-bond donors (Lipinski definition) is 0. The van der Waals surface area contributed by atoms with Crippen molar-refractivity contribution in [1.82, 2.24) is 9.80 Å². The summed E-state index contributed by atoms with van der Waals surface area (Å²) < 4.78 is 0. The molecule has 0 N–H and O–H groups in total. The van der Waals surface area contributed by atoms with Crippen LogP contribution in [0.25, 0.3) is 0 Å².